The summed E-state index contributed by atoms with van der Waals surface area (Å²) in [5.74, 6) is 1.03. The molecule has 1 aliphatic rings. The van der Waals surface area contributed by atoms with Crippen molar-refractivity contribution in [1.82, 2.24) is 9.97 Å². The third kappa shape index (κ3) is 2.78. The van der Waals surface area contributed by atoms with E-state index in [1.807, 2.05) is 0 Å². The van der Waals surface area contributed by atoms with Gasteiger partial charge in [-0.3, -0.25) is 0 Å². The lowest BCUT2D eigenvalue weighted by molar-refractivity contribution is -0.00537. The minimum absolute atomic E-state index is 0.209. The maximum Gasteiger partial charge on any atom is 0.141 e. The number of rotatable bonds is 2. The Morgan fingerprint density at radius 1 is 1.08 bits per heavy atom. The Balaban J connectivity index is 1.84. The van der Waals surface area contributed by atoms with Crippen LogP contribution in [0.3, 0.4) is 0 Å². The Labute approximate surface area is 146 Å². The number of aryl methyl sites for hydroxylation is 1. The molecule has 0 aliphatic carbocycles. The van der Waals surface area contributed by atoms with Gasteiger partial charge in [-0.25, -0.2) is 9.97 Å². The van der Waals surface area contributed by atoms with Crippen LogP contribution in [0.1, 0.15) is 19.4 Å². The highest BCUT2D eigenvalue weighted by Crippen LogP contribution is 2.38. The number of benzene rings is 1. The first-order valence-electron chi connectivity index (χ1n) is 8.31. The van der Waals surface area contributed by atoms with Gasteiger partial charge in [0.05, 0.1) is 17.6 Å². The molecule has 3 aromatic rings. The van der Waals surface area contributed by atoms with Crippen molar-refractivity contribution in [3.63, 3.8) is 0 Å². The Morgan fingerprint density at radius 3 is 2.50 bits per heavy atom. The second-order valence-corrected chi connectivity index (χ2v) is 7.41. The molecule has 0 unspecified atom stereocenters. The number of thiophene rings is 1. The monoisotopic (exact) mass is 339 g/mol. The fourth-order valence-electron chi connectivity index (χ4n) is 3.40. The van der Waals surface area contributed by atoms with Gasteiger partial charge in [-0.15, -0.1) is 11.3 Å². The lowest BCUT2D eigenvalue weighted by Crippen LogP contribution is -2.45. The summed E-state index contributed by atoms with van der Waals surface area (Å²) in [5, 5.41) is 3.36. The maximum absolute atomic E-state index is 5.88. The van der Waals surface area contributed by atoms with Gasteiger partial charge in [0.1, 0.15) is 17.0 Å². The molecule has 24 heavy (non-hydrogen) atoms. The number of hydrogen-bond acceptors (Lipinski definition) is 5. The maximum atomic E-state index is 5.88. The highest BCUT2D eigenvalue weighted by molar-refractivity contribution is 7.17. The predicted molar refractivity (Wildman–Crippen MR) is 99.8 cm³/mol. The molecule has 0 bridgehead atoms. The molecular weight excluding hydrogens is 318 g/mol. The fourth-order valence-corrected chi connectivity index (χ4v) is 4.31. The van der Waals surface area contributed by atoms with Gasteiger partial charge < -0.3 is 9.64 Å². The molecule has 0 saturated carbocycles. The van der Waals surface area contributed by atoms with Crippen LogP contribution in [0.4, 0.5) is 5.82 Å². The van der Waals surface area contributed by atoms with Crippen LogP contribution in [0.2, 0.25) is 0 Å². The average molecular weight is 339 g/mol. The van der Waals surface area contributed by atoms with Crippen molar-refractivity contribution in [2.45, 2.75) is 33.0 Å². The van der Waals surface area contributed by atoms with E-state index in [1.54, 1.807) is 17.7 Å². The first kappa shape index (κ1) is 15.5. The molecule has 1 saturated heterocycles. The third-order valence-corrected chi connectivity index (χ3v) is 5.32. The predicted octanol–water partition coefficient (Wildman–Crippen LogP) is 4.28. The second kappa shape index (κ2) is 6.15. The van der Waals surface area contributed by atoms with E-state index in [2.05, 4.69) is 65.3 Å². The van der Waals surface area contributed by atoms with Gasteiger partial charge >= 0.3 is 0 Å². The number of ether oxygens (including phenoxy) is 1. The van der Waals surface area contributed by atoms with Crippen LogP contribution >= 0.6 is 11.3 Å². The molecule has 4 rings (SSSR count). The van der Waals surface area contributed by atoms with Gasteiger partial charge in [-0.05, 0) is 26.3 Å². The number of anilines is 1. The lowest BCUT2D eigenvalue weighted by Gasteiger charge is -2.36. The van der Waals surface area contributed by atoms with Gasteiger partial charge in [0.25, 0.3) is 0 Å². The van der Waals surface area contributed by atoms with Crippen molar-refractivity contribution < 1.29 is 4.74 Å². The van der Waals surface area contributed by atoms with Gasteiger partial charge in [0.15, 0.2) is 0 Å². The first-order valence-corrected chi connectivity index (χ1v) is 9.19. The molecule has 4 nitrogen and oxygen atoms in total. The molecule has 0 radical (unpaired) electrons. The average Bonchev–Trinajstić information content (AvgIpc) is 2.99. The minimum atomic E-state index is 0.209. The number of aromatic nitrogens is 2. The van der Waals surface area contributed by atoms with Crippen molar-refractivity contribution >= 4 is 27.4 Å². The molecule has 0 spiro atoms. The van der Waals surface area contributed by atoms with Crippen molar-refractivity contribution in [2.24, 2.45) is 0 Å². The van der Waals surface area contributed by atoms with E-state index in [4.69, 9.17) is 4.74 Å². The normalized spacial score (nSPS) is 21.4. The van der Waals surface area contributed by atoms with Gasteiger partial charge in [0, 0.05) is 24.0 Å². The van der Waals surface area contributed by atoms with Crippen molar-refractivity contribution in [3.05, 3.63) is 41.5 Å². The van der Waals surface area contributed by atoms with E-state index >= 15 is 0 Å². The second-order valence-electron chi connectivity index (χ2n) is 6.56. The largest absolute Gasteiger partial charge is 0.372 e. The fraction of sp³-hybridized carbons (Fsp3) is 0.368. The summed E-state index contributed by atoms with van der Waals surface area (Å²) in [7, 11) is 0. The number of hydrogen-bond donors (Lipinski definition) is 0. The Hall–Kier alpha value is -1.98. The van der Waals surface area contributed by atoms with Crippen LogP contribution in [0.5, 0.6) is 0 Å². The minimum Gasteiger partial charge on any atom is -0.372 e. The SMILES string of the molecule is Cc1ccc(-c2csc3ncnc(N4C[C@@H](C)O[C@@H](C)C4)c23)cc1. The van der Waals surface area contributed by atoms with E-state index in [-0.39, 0.29) is 12.2 Å². The summed E-state index contributed by atoms with van der Waals surface area (Å²) < 4.78 is 5.88. The number of fused-ring (bicyclic) bond motifs is 1. The summed E-state index contributed by atoms with van der Waals surface area (Å²) in [6.07, 6.45) is 2.10. The molecule has 2 aromatic heterocycles. The van der Waals surface area contributed by atoms with Gasteiger partial charge in [0.2, 0.25) is 0 Å². The molecule has 124 valence electrons. The molecule has 1 aliphatic heterocycles. The van der Waals surface area contributed by atoms with Crippen LogP contribution in [0.25, 0.3) is 21.3 Å². The lowest BCUT2D eigenvalue weighted by atomic mass is 10.0. The first-order chi connectivity index (χ1) is 11.6. The standard InChI is InChI=1S/C19H21N3OS/c1-12-4-6-15(7-5-12)16-10-24-19-17(16)18(20-11-21-19)22-8-13(2)23-14(3)9-22/h4-7,10-11,13-14H,8-9H2,1-3H3/t13-,14+. The summed E-state index contributed by atoms with van der Waals surface area (Å²) in [4.78, 5) is 12.5. The van der Waals surface area contributed by atoms with Crippen LogP contribution in [-0.4, -0.2) is 35.3 Å². The molecule has 0 N–H and O–H groups in total. The number of morpholine rings is 1. The topological polar surface area (TPSA) is 38.2 Å². The third-order valence-electron chi connectivity index (χ3n) is 4.43. The van der Waals surface area contributed by atoms with E-state index in [1.165, 1.54) is 16.7 Å². The van der Waals surface area contributed by atoms with E-state index in [0.29, 0.717) is 0 Å². The summed E-state index contributed by atoms with van der Waals surface area (Å²) in [6.45, 7) is 8.07. The summed E-state index contributed by atoms with van der Waals surface area (Å²) >= 11 is 1.68. The highest BCUT2D eigenvalue weighted by Gasteiger charge is 2.26. The zero-order chi connectivity index (χ0) is 16.7. The molecule has 1 fully saturated rings. The van der Waals surface area contributed by atoms with Gasteiger partial charge in [-0.1, -0.05) is 29.8 Å². The summed E-state index contributed by atoms with van der Waals surface area (Å²) in [5.41, 5.74) is 3.71. The van der Waals surface area contributed by atoms with Crippen molar-refractivity contribution in [1.29, 1.82) is 0 Å². The quantitative estimate of drug-likeness (QED) is 0.698. The molecule has 2 atom stereocenters. The van der Waals surface area contributed by atoms with E-state index in [9.17, 15) is 0 Å². The highest BCUT2D eigenvalue weighted by atomic mass is 32.1. The molecular formula is C19H21N3OS. The van der Waals surface area contributed by atoms with Gasteiger partial charge in [-0.2, -0.15) is 0 Å². The van der Waals surface area contributed by atoms with Crippen LogP contribution in [0, 0.1) is 6.92 Å². The Morgan fingerprint density at radius 2 is 1.79 bits per heavy atom. The van der Waals surface area contributed by atoms with Crippen molar-refractivity contribution in [2.75, 3.05) is 18.0 Å². The van der Waals surface area contributed by atoms with Crippen LogP contribution in [0.15, 0.2) is 36.0 Å². The molecule has 5 heteroatoms. The molecule has 0 amide bonds. The van der Waals surface area contributed by atoms with Crippen LogP contribution < -0.4 is 4.90 Å². The Kier molecular flexibility index (Phi) is 3.98. The smallest absolute Gasteiger partial charge is 0.141 e. The van der Waals surface area contributed by atoms with E-state index in [0.717, 1.165) is 29.1 Å². The zero-order valence-corrected chi connectivity index (χ0v) is 15.0. The van der Waals surface area contributed by atoms with Crippen LogP contribution in [-0.2, 0) is 4.74 Å². The summed E-state index contributed by atoms with van der Waals surface area (Å²) in [6, 6.07) is 8.67. The number of nitrogens with zero attached hydrogens (tertiary/aromatic N) is 3. The van der Waals surface area contributed by atoms with Crippen molar-refractivity contribution in [3.8, 4) is 11.1 Å². The molecule has 3 heterocycles. The zero-order valence-electron chi connectivity index (χ0n) is 14.2. The Bertz CT molecular complexity index is 849. The van der Waals surface area contributed by atoms with E-state index < -0.39 is 0 Å². The molecule has 1 aromatic carbocycles.